The fraction of sp³-hybridized carbons (Fsp3) is 0.391. The van der Waals surface area contributed by atoms with Crippen molar-refractivity contribution in [3.8, 4) is 5.75 Å². The summed E-state index contributed by atoms with van der Waals surface area (Å²) in [6.45, 7) is 9.58. The first-order valence-electron chi connectivity index (χ1n) is 9.60. The Morgan fingerprint density at radius 3 is 2.41 bits per heavy atom. The van der Waals surface area contributed by atoms with Crippen LogP contribution in [0.3, 0.4) is 0 Å². The summed E-state index contributed by atoms with van der Waals surface area (Å²) in [5.41, 5.74) is 6.07. The van der Waals surface area contributed by atoms with Gasteiger partial charge in [0.25, 0.3) is 11.8 Å². The smallest absolute Gasteiger partial charge is 0.272 e. The topological polar surface area (TPSA) is 58.6 Å². The molecule has 0 aliphatic rings. The second kappa shape index (κ2) is 9.44. The largest absolute Gasteiger partial charge is 0.496 e. The van der Waals surface area contributed by atoms with Gasteiger partial charge in [0.2, 0.25) is 0 Å². The summed E-state index contributed by atoms with van der Waals surface area (Å²) >= 11 is 3.45. The maximum absolute atomic E-state index is 13.3. The van der Waals surface area contributed by atoms with Gasteiger partial charge in [0.1, 0.15) is 5.75 Å². The Bertz CT molecular complexity index is 903. The molecule has 0 aromatic heterocycles. The zero-order chi connectivity index (χ0) is 21.8. The number of rotatable bonds is 5. The Labute approximate surface area is 181 Å². The highest BCUT2D eigenvalue weighted by Gasteiger charge is 2.30. The van der Waals surface area contributed by atoms with Gasteiger partial charge in [0, 0.05) is 22.0 Å². The molecule has 29 heavy (non-hydrogen) atoms. The first kappa shape index (κ1) is 22.9. The van der Waals surface area contributed by atoms with Crippen molar-refractivity contribution in [1.82, 2.24) is 10.4 Å². The lowest BCUT2D eigenvalue weighted by Gasteiger charge is -2.36. The van der Waals surface area contributed by atoms with E-state index in [4.69, 9.17) is 4.74 Å². The van der Waals surface area contributed by atoms with Gasteiger partial charge in [-0.3, -0.25) is 15.0 Å². The summed E-state index contributed by atoms with van der Waals surface area (Å²) in [7, 11) is 1.58. The number of hydrogen-bond donors (Lipinski definition) is 1. The third kappa shape index (κ3) is 5.38. The van der Waals surface area contributed by atoms with Crippen molar-refractivity contribution in [3.05, 3.63) is 64.2 Å². The van der Waals surface area contributed by atoms with Gasteiger partial charge < -0.3 is 4.74 Å². The van der Waals surface area contributed by atoms with Crippen molar-refractivity contribution in [2.24, 2.45) is 0 Å². The van der Waals surface area contributed by atoms with E-state index in [1.807, 2.05) is 58.9 Å². The lowest BCUT2D eigenvalue weighted by Crippen LogP contribution is -2.56. The lowest BCUT2D eigenvalue weighted by molar-refractivity contribution is 0.0358. The number of methoxy groups -OCH3 is 1. The third-order valence-corrected chi connectivity index (χ3v) is 5.22. The van der Waals surface area contributed by atoms with Gasteiger partial charge in [-0.05, 0) is 63.9 Å². The molecule has 156 valence electrons. The van der Waals surface area contributed by atoms with E-state index in [1.165, 1.54) is 5.01 Å². The minimum atomic E-state index is -0.615. The van der Waals surface area contributed by atoms with Gasteiger partial charge in [-0.2, -0.15) is 0 Å². The first-order valence-corrected chi connectivity index (χ1v) is 10.7. The van der Waals surface area contributed by atoms with Crippen molar-refractivity contribution in [2.45, 2.75) is 51.9 Å². The van der Waals surface area contributed by atoms with Crippen molar-refractivity contribution in [1.29, 1.82) is 0 Å². The van der Waals surface area contributed by atoms with Crippen LogP contribution in [0.25, 0.3) is 0 Å². The number of benzene rings is 2. The molecule has 0 aliphatic carbocycles. The van der Waals surface area contributed by atoms with Crippen LogP contribution in [-0.4, -0.2) is 29.5 Å². The van der Waals surface area contributed by atoms with E-state index in [2.05, 4.69) is 21.4 Å². The number of aryl methyl sites for hydroxylation is 1. The predicted octanol–water partition coefficient (Wildman–Crippen LogP) is 5.05. The van der Waals surface area contributed by atoms with Crippen LogP contribution in [-0.2, 0) is 11.8 Å². The molecule has 2 rings (SSSR count). The molecular weight excluding hydrogens is 432 g/mol. The van der Waals surface area contributed by atoms with Gasteiger partial charge in [-0.1, -0.05) is 40.5 Å². The molecule has 6 heteroatoms. The maximum Gasteiger partial charge on any atom is 0.272 e. The fourth-order valence-corrected chi connectivity index (χ4v) is 3.54. The molecule has 2 aromatic carbocycles. The molecule has 0 aliphatic heterocycles. The quantitative estimate of drug-likeness (QED) is 0.501. The monoisotopic (exact) mass is 460 g/mol. The third-order valence-electron chi connectivity index (χ3n) is 4.58. The number of nitrogens with zero attached hydrogens (tertiary/aromatic N) is 1. The fourth-order valence-electron chi connectivity index (χ4n) is 3.21. The molecular formula is C23H29BrN2O3. The molecule has 5 nitrogen and oxygen atoms in total. The number of alkyl halides is 1. The average Bonchev–Trinajstić information content (AvgIpc) is 2.69. The molecule has 0 heterocycles. The van der Waals surface area contributed by atoms with Crippen LogP contribution in [0, 0.1) is 6.92 Å². The Morgan fingerprint density at radius 1 is 1.17 bits per heavy atom. The average molecular weight is 461 g/mol. The van der Waals surface area contributed by atoms with Crippen molar-refractivity contribution in [3.63, 3.8) is 0 Å². The molecule has 0 saturated heterocycles. The minimum absolute atomic E-state index is 0.252. The van der Waals surface area contributed by atoms with Crippen molar-refractivity contribution in [2.75, 3.05) is 7.11 Å². The van der Waals surface area contributed by atoms with Gasteiger partial charge in [0.05, 0.1) is 12.6 Å². The zero-order valence-electron chi connectivity index (χ0n) is 17.9. The van der Waals surface area contributed by atoms with Crippen molar-refractivity contribution < 1.29 is 14.3 Å². The summed E-state index contributed by atoms with van der Waals surface area (Å²) in [6.07, 6.45) is 0.642. The van der Waals surface area contributed by atoms with E-state index in [1.54, 1.807) is 19.2 Å². The summed E-state index contributed by atoms with van der Waals surface area (Å²) in [4.78, 5) is 26.4. The van der Waals surface area contributed by atoms with Gasteiger partial charge in [-0.15, -0.1) is 0 Å². The number of hydrazine groups is 1. The van der Waals surface area contributed by atoms with Crippen molar-refractivity contribution >= 4 is 27.7 Å². The van der Waals surface area contributed by atoms with E-state index in [0.717, 1.165) is 16.7 Å². The molecule has 1 N–H and O–H groups in total. The molecule has 0 radical (unpaired) electrons. The maximum atomic E-state index is 13.3. The number of amides is 2. The molecule has 2 aromatic rings. The van der Waals surface area contributed by atoms with Crippen LogP contribution in [0.4, 0.5) is 0 Å². The van der Waals surface area contributed by atoms with Crippen LogP contribution in [0.5, 0.6) is 5.75 Å². The Hall–Kier alpha value is -2.34. The minimum Gasteiger partial charge on any atom is -0.496 e. The van der Waals surface area contributed by atoms with E-state index in [0.29, 0.717) is 28.6 Å². The van der Waals surface area contributed by atoms with Crippen LogP contribution >= 0.6 is 15.9 Å². The SMILES string of the molecule is CCc1c(OC)cccc1C(=O)NN(C(=O)c1cc(C)cc(CBr)c1)C(C)(C)C. The number of carbonyl (C=O) groups is 2. The number of nitrogens with one attached hydrogen (secondary N) is 1. The van der Waals surface area contributed by atoms with Crippen LogP contribution in [0.1, 0.15) is 65.1 Å². The van der Waals surface area contributed by atoms with E-state index in [9.17, 15) is 9.59 Å². The molecule has 0 unspecified atom stereocenters. The summed E-state index contributed by atoms with van der Waals surface area (Å²) < 4.78 is 5.39. The lowest BCUT2D eigenvalue weighted by atomic mass is 10.0. The second-order valence-corrected chi connectivity index (χ2v) is 8.49. The van der Waals surface area contributed by atoms with Gasteiger partial charge >= 0.3 is 0 Å². The van der Waals surface area contributed by atoms with Crippen LogP contribution < -0.4 is 10.2 Å². The first-order chi connectivity index (χ1) is 13.6. The summed E-state index contributed by atoms with van der Waals surface area (Å²) in [5, 5.41) is 2.06. The zero-order valence-corrected chi connectivity index (χ0v) is 19.5. The summed E-state index contributed by atoms with van der Waals surface area (Å²) in [6, 6.07) is 11.1. The molecule has 0 bridgehead atoms. The number of ether oxygens (including phenoxy) is 1. The molecule has 0 spiro atoms. The predicted molar refractivity (Wildman–Crippen MR) is 120 cm³/mol. The van der Waals surface area contributed by atoms with Crippen LogP contribution in [0.15, 0.2) is 36.4 Å². The Morgan fingerprint density at radius 2 is 1.86 bits per heavy atom. The van der Waals surface area contributed by atoms with Crippen LogP contribution in [0.2, 0.25) is 0 Å². The normalized spacial score (nSPS) is 11.1. The Kier molecular flexibility index (Phi) is 7.47. The standard InChI is InChI=1S/C23H29BrN2O3/c1-7-18-19(9-8-10-20(18)29-6)21(27)25-26(23(3,4)5)22(28)17-12-15(2)11-16(13-17)14-24/h8-13H,7,14H2,1-6H3,(H,25,27). The number of carbonyl (C=O) groups excluding carboxylic acids is 2. The highest BCUT2D eigenvalue weighted by molar-refractivity contribution is 9.08. The van der Waals surface area contributed by atoms with Gasteiger partial charge in [-0.25, -0.2) is 5.01 Å². The summed E-state index contributed by atoms with van der Waals surface area (Å²) in [5.74, 6) is 0.0736. The highest BCUT2D eigenvalue weighted by Crippen LogP contribution is 2.24. The molecule has 0 atom stereocenters. The second-order valence-electron chi connectivity index (χ2n) is 7.93. The Balaban J connectivity index is 2.41. The van der Waals surface area contributed by atoms with Gasteiger partial charge in [0.15, 0.2) is 0 Å². The van der Waals surface area contributed by atoms with E-state index >= 15 is 0 Å². The molecule has 2 amide bonds. The molecule has 0 fully saturated rings. The molecule has 0 saturated carbocycles. The highest BCUT2D eigenvalue weighted by atomic mass is 79.9. The van der Waals surface area contributed by atoms with E-state index < -0.39 is 5.54 Å². The number of hydrogen-bond acceptors (Lipinski definition) is 3. The van der Waals surface area contributed by atoms with E-state index in [-0.39, 0.29) is 11.8 Å². The number of halogens is 1.